The molecule has 2 aromatic rings. The van der Waals surface area contributed by atoms with E-state index >= 15 is 0 Å². The quantitative estimate of drug-likeness (QED) is 0.726. The SMILES string of the molecule is O=COc1ccc(-c2cc(C(=O)O)ccc2OC=O)cc1OC=O. The van der Waals surface area contributed by atoms with Gasteiger partial charge in [0.2, 0.25) is 0 Å². The van der Waals surface area contributed by atoms with E-state index in [1.165, 1.54) is 36.4 Å². The van der Waals surface area contributed by atoms with Crippen LogP contribution in [0.2, 0.25) is 0 Å². The minimum absolute atomic E-state index is 0.00639. The van der Waals surface area contributed by atoms with Gasteiger partial charge in [-0.2, -0.15) is 0 Å². The zero-order valence-corrected chi connectivity index (χ0v) is 12.0. The molecule has 0 aromatic heterocycles. The van der Waals surface area contributed by atoms with E-state index in [1.807, 2.05) is 0 Å². The smallest absolute Gasteiger partial charge is 0.335 e. The first kappa shape index (κ1) is 16.7. The summed E-state index contributed by atoms with van der Waals surface area (Å²) in [5.41, 5.74) is 0.620. The zero-order chi connectivity index (χ0) is 17.5. The zero-order valence-electron chi connectivity index (χ0n) is 12.0. The molecule has 0 heterocycles. The third-order valence-electron chi connectivity index (χ3n) is 3.01. The number of hydrogen-bond donors (Lipinski definition) is 1. The average Bonchev–Trinajstić information content (AvgIpc) is 2.57. The van der Waals surface area contributed by atoms with Crippen molar-refractivity contribution in [2.75, 3.05) is 0 Å². The Labute approximate surface area is 135 Å². The largest absolute Gasteiger partial charge is 0.478 e. The van der Waals surface area contributed by atoms with Crippen LogP contribution in [0.4, 0.5) is 0 Å². The van der Waals surface area contributed by atoms with Gasteiger partial charge < -0.3 is 19.3 Å². The minimum atomic E-state index is -1.17. The first-order valence-corrected chi connectivity index (χ1v) is 6.43. The van der Waals surface area contributed by atoms with Gasteiger partial charge in [-0.3, -0.25) is 14.4 Å². The van der Waals surface area contributed by atoms with Gasteiger partial charge in [0.15, 0.2) is 11.5 Å². The summed E-state index contributed by atoms with van der Waals surface area (Å²) in [5, 5.41) is 9.09. The molecule has 2 rings (SSSR count). The highest BCUT2D eigenvalue weighted by Crippen LogP contribution is 2.36. The molecular weight excluding hydrogens is 320 g/mol. The number of rotatable bonds is 8. The number of carboxylic acids is 1. The maximum atomic E-state index is 11.1. The molecule has 0 saturated carbocycles. The normalized spacial score (nSPS) is 9.67. The molecule has 24 heavy (non-hydrogen) atoms. The van der Waals surface area contributed by atoms with Gasteiger partial charge >= 0.3 is 5.97 Å². The molecule has 0 unspecified atom stereocenters. The van der Waals surface area contributed by atoms with Gasteiger partial charge in [-0.15, -0.1) is 0 Å². The van der Waals surface area contributed by atoms with Crippen molar-refractivity contribution in [3.63, 3.8) is 0 Å². The van der Waals surface area contributed by atoms with Crippen molar-refractivity contribution in [1.82, 2.24) is 0 Å². The van der Waals surface area contributed by atoms with Gasteiger partial charge in [0.25, 0.3) is 19.4 Å². The number of carboxylic acid groups (broad SMARTS) is 1. The van der Waals surface area contributed by atoms with Gasteiger partial charge in [0, 0.05) is 5.56 Å². The van der Waals surface area contributed by atoms with Crippen molar-refractivity contribution in [2.24, 2.45) is 0 Å². The lowest BCUT2D eigenvalue weighted by Gasteiger charge is -2.11. The van der Waals surface area contributed by atoms with Crippen LogP contribution in [0.25, 0.3) is 11.1 Å². The van der Waals surface area contributed by atoms with E-state index in [2.05, 4.69) is 4.74 Å². The van der Waals surface area contributed by atoms with Crippen LogP contribution in [-0.4, -0.2) is 30.5 Å². The molecular formula is C16H10O8. The lowest BCUT2D eigenvalue weighted by atomic mass is 10.0. The Balaban J connectivity index is 2.60. The molecule has 0 amide bonds. The van der Waals surface area contributed by atoms with E-state index in [0.29, 0.717) is 5.56 Å². The molecule has 0 spiro atoms. The molecule has 0 aliphatic carbocycles. The predicted octanol–water partition coefficient (Wildman–Crippen LogP) is 1.66. The third-order valence-corrected chi connectivity index (χ3v) is 3.01. The van der Waals surface area contributed by atoms with Crippen molar-refractivity contribution in [3.8, 4) is 28.4 Å². The summed E-state index contributed by atoms with van der Waals surface area (Å²) >= 11 is 0. The highest BCUT2D eigenvalue weighted by Gasteiger charge is 2.14. The van der Waals surface area contributed by atoms with Crippen LogP contribution in [-0.2, 0) is 14.4 Å². The highest BCUT2D eigenvalue weighted by atomic mass is 16.6. The van der Waals surface area contributed by atoms with Crippen molar-refractivity contribution in [2.45, 2.75) is 0 Å². The maximum Gasteiger partial charge on any atom is 0.335 e. The van der Waals surface area contributed by atoms with Gasteiger partial charge in [0.05, 0.1) is 5.56 Å². The molecule has 122 valence electrons. The van der Waals surface area contributed by atoms with E-state index in [1.54, 1.807) is 0 Å². The van der Waals surface area contributed by atoms with Crippen molar-refractivity contribution < 1.29 is 38.5 Å². The molecule has 2 aromatic carbocycles. The fourth-order valence-corrected chi connectivity index (χ4v) is 2.01. The van der Waals surface area contributed by atoms with E-state index in [0.717, 1.165) is 0 Å². The molecule has 0 atom stereocenters. The number of benzene rings is 2. The summed E-state index contributed by atoms with van der Waals surface area (Å²) in [6.45, 7) is 0.512. The van der Waals surface area contributed by atoms with Gasteiger partial charge in [-0.05, 0) is 35.9 Å². The molecule has 0 aliphatic heterocycles. The molecule has 1 N–H and O–H groups in total. The standard InChI is InChI=1S/C16H10O8/c17-7-22-13-3-2-11(16(20)21)5-12(13)10-1-4-14(23-8-18)15(6-10)24-9-19/h1-9H,(H,20,21). The number of aromatic carboxylic acids is 1. The minimum Gasteiger partial charge on any atom is -0.478 e. The van der Waals surface area contributed by atoms with E-state index < -0.39 is 5.97 Å². The van der Waals surface area contributed by atoms with Crippen LogP contribution < -0.4 is 14.2 Å². The molecule has 0 fully saturated rings. The number of carbonyl (C=O) groups is 4. The second-order valence-corrected chi connectivity index (χ2v) is 4.32. The second kappa shape index (κ2) is 7.54. The Bertz CT molecular complexity index is 797. The van der Waals surface area contributed by atoms with Crippen LogP contribution in [0, 0.1) is 0 Å². The maximum absolute atomic E-state index is 11.1. The summed E-state index contributed by atoms with van der Waals surface area (Å²) in [4.78, 5) is 42.8. The fourth-order valence-electron chi connectivity index (χ4n) is 2.01. The van der Waals surface area contributed by atoms with Gasteiger partial charge in [-0.1, -0.05) is 6.07 Å². The average molecular weight is 330 g/mol. The number of carbonyl (C=O) groups excluding carboxylic acids is 3. The topological polar surface area (TPSA) is 116 Å². The van der Waals surface area contributed by atoms with E-state index in [4.69, 9.17) is 14.6 Å². The molecule has 8 nitrogen and oxygen atoms in total. The Kier molecular flexibility index (Phi) is 5.24. The Morgan fingerprint density at radius 2 is 1.38 bits per heavy atom. The first-order valence-electron chi connectivity index (χ1n) is 6.43. The van der Waals surface area contributed by atoms with Crippen molar-refractivity contribution in [1.29, 1.82) is 0 Å². The van der Waals surface area contributed by atoms with Crippen LogP contribution >= 0.6 is 0 Å². The van der Waals surface area contributed by atoms with Crippen molar-refractivity contribution >= 4 is 25.4 Å². The predicted molar refractivity (Wildman–Crippen MR) is 78.9 cm³/mol. The van der Waals surface area contributed by atoms with E-state index in [9.17, 15) is 19.2 Å². The van der Waals surface area contributed by atoms with Crippen LogP contribution in [0.1, 0.15) is 10.4 Å². The van der Waals surface area contributed by atoms with Crippen LogP contribution in [0.15, 0.2) is 36.4 Å². The third kappa shape index (κ3) is 3.55. The monoisotopic (exact) mass is 330 g/mol. The fraction of sp³-hybridized carbons (Fsp3) is 0. The molecule has 0 radical (unpaired) electrons. The highest BCUT2D eigenvalue weighted by molar-refractivity contribution is 5.91. The lowest BCUT2D eigenvalue weighted by molar-refractivity contribution is -0.123. The van der Waals surface area contributed by atoms with E-state index in [-0.39, 0.29) is 47.8 Å². The summed E-state index contributed by atoms with van der Waals surface area (Å²) in [6, 6.07) is 8.06. The molecule has 8 heteroatoms. The summed E-state index contributed by atoms with van der Waals surface area (Å²) < 4.78 is 14.2. The molecule has 0 saturated heterocycles. The number of ether oxygens (including phenoxy) is 3. The first-order chi connectivity index (χ1) is 11.6. The summed E-state index contributed by atoms with van der Waals surface area (Å²) in [6.07, 6.45) is 0. The lowest BCUT2D eigenvalue weighted by Crippen LogP contribution is -2.00. The Morgan fingerprint density at radius 3 is 2.00 bits per heavy atom. The summed E-state index contributed by atoms with van der Waals surface area (Å²) in [7, 11) is 0. The van der Waals surface area contributed by atoms with Crippen LogP contribution in [0.5, 0.6) is 17.2 Å². The molecule has 0 aliphatic rings. The molecule has 0 bridgehead atoms. The van der Waals surface area contributed by atoms with Gasteiger partial charge in [-0.25, -0.2) is 4.79 Å². The van der Waals surface area contributed by atoms with Gasteiger partial charge in [0.1, 0.15) is 5.75 Å². The van der Waals surface area contributed by atoms with Crippen molar-refractivity contribution in [3.05, 3.63) is 42.0 Å². The Morgan fingerprint density at radius 1 is 0.792 bits per heavy atom. The van der Waals surface area contributed by atoms with Crippen LogP contribution in [0.3, 0.4) is 0 Å². The Hall–Kier alpha value is -3.68. The second-order valence-electron chi connectivity index (χ2n) is 4.32. The summed E-state index contributed by atoms with van der Waals surface area (Å²) in [5.74, 6) is -1.13. The number of hydrogen-bond acceptors (Lipinski definition) is 7.